The smallest absolute Gasteiger partial charge is 0.338 e. The molecule has 0 radical (unpaired) electrons. The number of rotatable bonds is 4. The third-order valence-corrected chi connectivity index (χ3v) is 4.01. The summed E-state index contributed by atoms with van der Waals surface area (Å²) in [7, 11) is -2.12. The summed E-state index contributed by atoms with van der Waals surface area (Å²) in [5.74, 6) is -0.382. The average Bonchev–Trinajstić information content (AvgIpc) is 2.24. The van der Waals surface area contributed by atoms with Gasteiger partial charge in [0.25, 0.3) is 10.1 Å². The fraction of sp³-hybridized carbons (Fsp3) is 0.900. The first-order chi connectivity index (χ1) is 7.81. The topological polar surface area (TPSA) is 78.9 Å². The number of carbonyl (C=O) groups excluding carboxylic acids is 1. The van der Waals surface area contributed by atoms with E-state index in [1.807, 2.05) is 0 Å². The van der Waals surface area contributed by atoms with Crippen molar-refractivity contribution in [2.75, 3.05) is 26.6 Å². The lowest BCUT2D eigenvalue weighted by atomic mass is 9.56. The number of fused-ring (bicyclic) bond motifs is 2. The Morgan fingerprint density at radius 1 is 1.41 bits per heavy atom. The van der Waals surface area contributed by atoms with Crippen LogP contribution >= 0.6 is 0 Å². The van der Waals surface area contributed by atoms with Crippen molar-refractivity contribution in [2.24, 2.45) is 5.41 Å². The highest BCUT2D eigenvalue weighted by Gasteiger charge is 2.63. The van der Waals surface area contributed by atoms with Crippen LogP contribution in [0.25, 0.3) is 0 Å². The second kappa shape index (κ2) is 3.93. The molecule has 2 heterocycles. The maximum Gasteiger partial charge on any atom is 0.338 e. The average molecular weight is 264 g/mol. The van der Waals surface area contributed by atoms with Gasteiger partial charge in [-0.15, -0.1) is 0 Å². The quantitative estimate of drug-likeness (QED) is 0.528. The van der Waals surface area contributed by atoms with Gasteiger partial charge in [0.1, 0.15) is 0 Å². The Bertz CT molecular complexity index is 420. The van der Waals surface area contributed by atoms with Gasteiger partial charge >= 0.3 is 5.97 Å². The van der Waals surface area contributed by atoms with E-state index in [9.17, 15) is 13.2 Å². The predicted molar refractivity (Wildman–Crippen MR) is 57.8 cm³/mol. The molecule has 1 saturated carbocycles. The van der Waals surface area contributed by atoms with Gasteiger partial charge in [-0.25, -0.2) is 4.79 Å². The number of ether oxygens (including phenoxy) is 2. The standard InChI is InChI=1S/C10H16O6S/c1-14-8(11)10-5-9(6-10,3-4-15-10)7-16-17(2,12)13/h3-7H2,1-2H3. The van der Waals surface area contributed by atoms with Gasteiger partial charge < -0.3 is 9.47 Å². The Kier molecular flexibility index (Phi) is 2.95. The molecule has 0 aromatic heterocycles. The normalized spacial score (nSPS) is 36.1. The first-order valence-electron chi connectivity index (χ1n) is 5.38. The predicted octanol–water partition coefficient (Wildman–Crippen LogP) is 0.0749. The van der Waals surface area contributed by atoms with Gasteiger partial charge in [-0.2, -0.15) is 8.42 Å². The van der Waals surface area contributed by atoms with Crippen LogP contribution in [-0.2, 0) is 28.6 Å². The fourth-order valence-electron chi connectivity index (χ4n) is 2.70. The Labute approximate surface area is 100 Å². The minimum atomic E-state index is -3.44. The molecule has 3 rings (SSSR count). The molecule has 17 heavy (non-hydrogen) atoms. The summed E-state index contributed by atoms with van der Waals surface area (Å²) in [5, 5.41) is 0. The van der Waals surface area contributed by atoms with Gasteiger partial charge in [0.2, 0.25) is 0 Å². The summed E-state index contributed by atoms with van der Waals surface area (Å²) in [6, 6.07) is 0. The summed E-state index contributed by atoms with van der Waals surface area (Å²) in [4.78, 5) is 11.6. The highest BCUT2D eigenvalue weighted by atomic mass is 32.2. The van der Waals surface area contributed by atoms with Crippen LogP contribution in [0.5, 0.6) is 0 Å². The van der Waals surface area contributed by atoms with Crippen LogP contribution in [0.3, 0.4) is 0 Å². The Morgan fingerprint density at radius 3 is 2.59 bits per heavy atom. The molecule has 3 fully saturated rings. The molecule has 0 atom stereocenters. The first kappa shape index (κ1) is 12.8. The second-order valence-corrected chi connectivity index (χ2v) is 6.55. The van der Waals surface area contributed by atoms with Crippen molar-refractivity contribution in [3.8, 4) is 0 Å². The van der Waals surface area contributed by atoms with Crippen LogP contribution in [-0.4, -0.2) is 46.6 Å². The molecule has 0 unspecified atom stereocenters. The van der Waals surface area contributed by atoms with E-state index in [1.165, 1.54) is 7.11 Å². The molecule has 0 spiro atoms. The monoisotopic (exact) mass is 264 g/mol. The van der Waals surface area contributed by atoms with Gasteiger partial charge in [-0.3, -0.25) is 4.18 Å². The number of carbonyl (C=O) groups is 1. The molecule has 2 aliphatic heterocycles. The highest BCUT2D eigenvalue weighted by molar-refractivity contribution is 7.85. The van der Waals surface area contributed by atoms with Crippen LogP contribution < -0.4 is 0 Å². The maximum absolute atomic E-state index is 11.6. The molecule has 6 nitrogen and oxygen atoms in total. The van der Waals surface area contributed by atoms with Crippen molar-refractivity contribution in [1.29, 1.82) is 0 Å². The molecule has 7 heteroatoms. The zero-order valence-electron chi connectivity index (χ0n) is 9.89. The minimum Gasteiger partial charge on any atom is -0.467 e. The van der Waals surface area contributed by atoms with Crippen molar-refractivity contribution in [3.63, 3.8) is 0 Å². The van der Waals surface area contributed by atoms with Gasteiger partial charge in [-0.05, 0) is 19.3 Å². The fourth-order valence-corrected chi connectivity index (χ4v) is 3.16. The van der Waals surface area contributed by atoms with Gasteiger partial charge in [-0.1, -0.05) is 0 Å². The van der Waals surface area contributed by atoms with E-state index >= 15 is 0 Å². The van der Waals surface area contributed by atoms with Crippen LogP contribution in [0, 0.1) is 5.41 Å². The molecule has 0 aromatic rings. The Balaban J connectivity index is 2.00. The van der Waals surface area contributed by atoms with Crippen molar-refractivity contribution < 1.29 is 26.9 Å². The van der Waals surface area contributed by atoms with Crippen molar-refractivity contribution in [3.05, 3.63) is 0 Å². The van der Waals surface area contributed by atoms with Gasteiger partial charge in [0, 0.05) is 12.0 Å². The third-order valence-electron chi connectivity index (χ3n) is 3.47. The van der Waals surface area contributed by atoms with E-state index in [2.05, 4.69) is 0 Å². The minimum absolute atomic E-state index is 0.119. The molecular weight excluding hydrogens is 248 g/mol. The molecule has 0 aromatic carbocycles. The molecule has 2 bridgehead atoms. The van der Waals surface area contributed by atoms with E-state index in [-0.39, 0.29) is 18.0 Å². The van der Waals surface area contributed by atoms with Crippen molar-refractivity contribution in [2.45, 2.75) is 24.9 Å². The van der Waals surface area contributed by atoms with Crippen molar-refractivity contribution in [1.82, 2.24) is 0 Å². The maximum atomic E-state index is 11.6. The number of esters is 1. The zero-order chi connectivity index (χ0) is 12.7. The lowest BCUT2D eigenvalue weighted by molar-refractivity contribution is -0.242. The summed E-state index contributed by atoms with van der Waals surface area (Å²) in [5.41, 5.74) is -1.12. The van der Waals surface area contributed by atoms with Crippen LogP contribution in [0.2, 0.25) is 0 Å². The number of hydrogen-bond donors (Lipinski definition) is 0. The summed E-state index contributed by atoms with van der Waals surface area (Å²) in [6.45, 7) is 0.552. The summed E-state index contributed by atoms with van der Waals surface area (Å²) < 4.78 is 36.9. The highest BCUT2D eigenvalue weighted by Crippen LogP contribution is 2.57. The molecule has 0 amide bonds. The Hall–Kier alpha value is -0.660. The number of methoxy groups -OCH3 is 1. The van der Waals surface area contributed by atoms with E-state index in [0.717, 1.165) is 6.26 Å². The van der Waals surface area contributed by atoms with E-state index in [0.29, 0.717) is 25.9 Å². The van der Waals surface area contributed by atoms with Crippen molar-refractivity contribution >= 4 is 16.1 Å². The van der Waals surface area contributed by atoms with E-state index < -0.39 is 15.7 Å². The van der Waals surface area contributed by atoms with Gasteiger partial charge in [0.05, 0.1) is 20.0 Å². The first-order valence-corrected chi connectivity index (χ1v) is 7.19. The third kappa shape index (κ3) is 2.31. The zero-order valence-corrected chi connectivity index (χ0v) is 10.7. The molecule has 1 aliphatic carbocycles. The molecule has 0 N–H and O–H groups in total. The van der Waals surface area contributed by atoms with Gasteiger partial charge in [0.15, 0.2) is 5.60 Å². The lowest BCUT2D eigenvalue weighted by Gasteiger charge is -2.57. The largest absolute Gasteiger partial charge is 0.467 e. The summed E-state index contributed by atoms with van der Waals surface area (Å²) >= 11 is 0. The molecular formula is C10H16O6S. The molecule has 3 aliphatic rings. The van der Waals surface area contributed by atoms with Crippen LogP contribution in [0.1, 0.15) is 19.3 Å². The van der Waals surface area contributed by atoms with Crippen LogP contribution in [0.15, 0.2) is 0 Å². The SMILES string of the molecule is COC(=O)C12CC(COS(C)(=O)=O)(CCO1)C2. The summed E-state index contributed by atoms with van der Waals surface area (Å²) in [6.07, 6.45) is 2.68. The molecule has 98 valence electrons. The van der Waals surface area contributed by atoms with E-state index in [4.69, 9.17) is 13.7 Å². The van der Waals surface area contributed by atoms with Crippen LogP contribution in [0.4, 0.5) is 0 Å². The Morgan fingerprint density at radius 2 is 2.06 bits per heavy atom. The molecule has 2 saturated heterocycles. The second-order valence-electron chi connectivity index (χ2n) is 4.90. The van der Waals surface area contributed by atoms with E-state index in [1.54, 1.807) is 0 Å². The number of hydrogen-bond acceptors (Lipinski definition) is 6. The lowest BCUT2D eigenvalue weighted by Crippen LogP contribution is -2.64.